The van der Waals surface area contributed by atoms with Gasteiger partial charge in [-0.3, -0.25) is 0 Å². The van der Waals surface area contributed by atoms with Crippen molar-refractivity contribution in [1.29, 1.82) is 0 Å². The van der Waals surface area contributed by atoms with Gasteiger partial charge in [-0.25, -0.2) is 8.78 Å². The van der Waals surface area contributed by atoms with Gasteiger partial charge in [-0.05, 0) is 13.0 Å². The molecule has 1 aromatic carbocycles. The molecule has 0 aliphatic carbocycles. The SMILES string of the molecule is C[C@H](O)c1c(N)cc(F)cc1F. The summed E-state index contributed by atoms with van der Waals surface area (Å²) in [5, 5.41) is 9.03. The van der Waals surface area contributed by atoms with Gasteiger partial charge in [0, 0.05) is 17.3 Å². The first-order valence-electron chi connectivity index (χ1n) is 3.45. The Morgan fingerprint density at radius 3 is 2.42 bits per heavy atom. The summed E-state index contributed by atoms with van der Waals surface area (Å²) in [7, 11) is 0. The summed E-state index contributed by atoms with van der Waals surface area (Å²) in [5.41, 5.74) is 5.16. The van der Waals surface area contributed by atoms with Gasteiger partial charge in [0.2, 0.25) is 0 Å². The molecule has 4 heteroatoms. The number of aliphatic hydroxyl groups excluding tert-OH is 1. The van der Waals surface area contributed by atoms with E-state index in [1.54, 1.807) is 0 Å². The molecule has 0 aliphatic rings. The van der Waals surface area contributed by atoms with E-state index in [1.165, 1.54) is 6.92 Å². The average molecular weight is 173 g/mol. The Labute approximate surface area is 68.6 Å². The molecule has 12 heavy (non-hydrogen) atoms. The molecule has 0 bridgehead atoms. The van der Waals surface area contributed by atoms with E-state index in [0.717, 1.165) is 6.07 Å². The van der Waals surface area contributed by atoms with E-state index < -0.39 is 17.7 Å². The first-order chi connectivity index (χ1) is 5.52. The van der Waals surface area contributed by atoms with E-state index in [4.69, 9.17) is 10.8 Å². The first-order valence-corrected chi connectivity index (χ1v) is 3.45. The lowest BCUT2D eigenvalue weighted by molar-refractivity contribution is 0.195. The van der Waals surface area contributed by atoms with Gasteiger partial charge in [-0.2, -0.15) is 0 Å². The van der Waals surface area contributed by atoms with Crippen molar-refractivity contribution in [3.63, 3.8) is 0 Å². The summed E-state index contributed by atoms with van der Waals surface area (Å²) in [4.78, 5) is 0. The average Bonchev–Trinajstić information content (AvgIpc) is 1.82. The molecular formula is C8H9F2NO. The molecule has 0 aliphatic heterocycles. The third kappa shape index (κ3) is 1.53. The van der Waals surface area contributed by atoms with E-state index >= 15 is 0 Å². The van der Waals surface area contributed by atoms with Crippen molar-refractivity contribution in [2.75, 3.05) is 5.73 Å². The topological polar surface area (TPSA) is 46.2 Å². The summed E-state index contributed by atoms with van der Waals surface area (Å²) >= 11 is 0. The molecule has 0 heterocycles. The standard InChI is InChI=1S/C8H9F2NO/c1-4(12)8-6(10)2-5(9)3-7(8)11/h2-4,12H,11H2,1H3/t4-/m0/s1. The zero-order valence-electron chi connectivity index (χ0n) is 6.51. The number of anilines is 1. The second-order valence-corrected chi connectivity index (χ2v) is 2.57. The Kier molecular flexibility index (Phi) is 2.28. The van der Waals surface area contributed by atoms with Crippen molar-refractivity contribution in [3.8, 4) is 0 Å². The molecule has 0 spiro atoms. The fourth-order valence-electron chi connectivity index (χ4n) is 1.05. The Balaban J connectivity index is 3.28. The lowest BCUT2D eigenvalue weighted by Gasteiger charge is -2.09. The van der Waals surface area contributed by atoms with Crippen molar-refractivity contribution >= 4 is 5.69 Å². The predicted molar refractivity (Wildman–Crippen MR) is 41.4 cm³/mol. The molecule has 0 unspecified atom stereocenters. The smallest absolute Gasteiger partial charge is 0.133 e. The number of nitrogen functional groups attached to an aromatic ring is 1. The van der Waals surface area contributed by atoms with Crippen LogP contribution in [0.4, 0.5) is 14.5 Å². The summed E-state index contributed by atoms with van der Waals surface area (Å²) in [6.45, 7) is 1.37. The lowest BCUT2D eigenvalue weighted by Crippen LogP contribution is -2.02. The van der Waals surface area contributed by atoms with Crippen LogP contribution >= 0.6 is 0 Å². The van der Waals surface area contributed by atoms with Gasteiger partial charge in [0.25, 0.3) is 0 Å². The van der Waals surface area contributed by atoms with E-state index in [1.807, 2.05) is 0 Å². The third-order valence-electron chi connectivity index (χ3n) is 1.54. The van der Waals surface area contributed by atoms with E-state index in [2.05, 4.69) is 0 Å². The number of aliphatic hydroxyl groups is 1. The quantitative estimate of drug-likeness (QED) is 0.633. The van der Waals surface area contributed by atoms with Crippen LogP contribution in [0.15, 0.2) is 12.1 Å². The molecule has 1 atom stereocenters. The molecule has 3 N–H and O–H groups in total. The first kappa shape index (κ1) is 8.93. The highest BCUT2D eigenvalue weighted by Crippen LogP contribution is 2.24. The number of rotatable bonds is 1. The van der Waals surface area contributed by atoms with Gasteiger partial charge in [-0.15, -0.1) is 0 Å². The van der Waals surface area contributed by atoms with Crippen LogP contribution in [-0.4, -0.2) is 5.11 Å². The predicted octanol–water partition coefficient (Wildman–Crippen LogP) is 1.60. The van der Waals surface area contributed by atoms with E-state index in [9.17, 15) is 8.78 Å². The number of hydrogen-bond donors (Lipinski definition) is 2. The summed E-state index contributed by atoms with van der Waals surface area (Å²) < 4.78 is 25.4. The van der Waals surface area contributed by atoms with Crippen LogP contribution in [0.2, 0.25) is 0 Å². The van der Waals surface area contributed by atoms with Gasteiger partial charge in [-0.1, -0.05) is 0 Å². The maximum atomic E-state index is 12.9. The molecule has 0 amide bonds. The Bertz CT molecular complexity index is 276. The highest BCUT2D eigenvalue weighted by Gasteiger charge is 2.13. The minimum absolute atomic E-state index is 0.0589. The minimum atomic E-state index is -1.02. The fourth-order valence-corrected chi connectivity index (χ4v) is 1.05. The van der Waals surface area contributed by atoms with Crippen LogP contribution in [-0.2, 0) is 0 Å². The van der Waals surface area contributed by atoms with Crippen LogP contribution in [0.3, 0.4) is 0 Å². The van der Waals surface area contributed by atoms with Gasteiger partial charge < -0.3 is 10.8 Å². The Hall–Kier alpha value is -1.16. The summed E-state index contributed by atoms with van der Waals surface area (Å²) in [5.74, 6) is -1.56. The van der Waals surface area contributed by atoms with Crippen LogP contribution in [0.5, 0.6) is 0 Å². The van der Waals surface area contributed by atoms with Gasteiger partial charge in [0.05, 0.1) is 6.10 Å². The highest BCUT2D eigenvalue weighted by atomic mass is 19.1. The molecule has 0 aromatic heterocycles. The van der Waals surface area contributed by atoms with Crippen molar-refractivity contribution in [2.24, 2.45) is 0 Å². The number of nitrogens with two attached hydrogens (primary N) is 1. The normalized spacial score (nSPS) is 13.0. The molecular weight excluding hydrogens is 164 g/mol. The van der Waals surface area contributed by atoms with Gasteiger partial charge in [0.15, 0.2) is 0 Å². The molecule has 66 valence electrons. The van der Waals surface area contributed by atoms with E-state index in [-0.39, 0.29) is 11.3 Å². The molecule has 1 aromatic rings. The van der Waals surface area contributed by atoms with Gasteiger partial charge in [0.1, 0.15) is 11.6 Å². The van der Waals surface area contributed by atoms with E-state index in [0.29, 0.717) is 6.07 Å². The second kappa shape index (κ2) is 3.06. The second-order valence-electron chi connectivity index (χ2n) is 2.57. The third-order valence-corrected chi connectivity index (χ3v) is 1.54. The zero-order valence-corrected chi connectivity index (χ0v) is 6.51. The molecule has 0 radical (unpaired) electrons. The lowest BCUT2D eigenvalue weighted by atomic mass is 10.1. The number of benzene rings is 1. The molecule has 1 rings (SSSR count). The van der Waals surface area contributed by atoms with Crippen molar-refractivity contribution in [1.82, 2.24) is 0 Å². The Morgan fingerprint density at radius 1 is 1.42 bits per heavy atom. The maximum Gasteiger partial charge on any atom is 0.133 e. The monoisotopic (exact) mass is 173 g/mol. The van der Waals surface area contributed by atoms with Crippen molar-refractivity contribution in [2.45, 2.75) is 13.0 Å². The molecule has 0 fully saturated rings. The largest absolute Gasteiger partial charge is 0.398 e. The minimum Gasteiger partial charge on any atom is -0.398 e. The fraction of sp³-hybridized carbons (Fsp3) is 0.250. The summed E-state index contributed by atoms with van der Waals surface area (Å²) in [6.07, 6.45) is -1.02. The highest BCUT2D eigenvalue weighted by molar-refractivity contribution is 5.48. The molecule has 2 nitrogen and oxygen atoms in total. The molecule has 0 saturated heterocycles. The van der Waals surface area contributed by atoms with Crippen LogP contribution in [0, 0.1) is 11.6 Å². The number of halogens is 2. The maximum absolute atomic E-state index is 12.9. The molecule has 0 saturated carbocycles. The summed E-state index contributed by atoms with van der Waals surface area (Å²) in [6, 6.07) is 1.67. The van der Waals surface area contributed by atoms with Crippen molar-refractivity contribution < 1.29 is 13.9 Å². The number of hydrogen-bond acceptors (Lipinski definition) is 2. The van der Waals surface area contributed by atoms with Gasteiger partial charge >= 0.3 is 0 Å². The van der Waals surface area contributed by atoms with Crippen LogP contribution in [0.25, 0.3) is 0 Å². The van der Waals surface area contributed by atoms with Crippen LogP contribution < -0.4 is 5.73 Å². The van der Waals surface area contributed by atoms with Crippen molar-refractivity contribution in [3.05, 3.63) is 29.3 Å². The van der Waals surface area contributed by atoms with Crippen LogP contribution in [0.1, 0.15) is 18.6 Å². The zero-order chi connectivity index (χ0) is 9.30. The Morgan fingerprint density at radius 2 is 2.00 bits per heavy atom.